The quantitative estimate of drug-likeness (QED) is 0.293. The lowest BCUT2D eigenvalue weighted by molar-refractivity contribution is -0.127. The first-order chi connectivity index (χ1) is 21.6. The topological polar surface area (TPSA) is 131 Å². The van der Waals surface area contributed by atoms with Crippen molar-refractivity contribution in [3.63, 3.8) is 0 Å². The van der Waals surface area contributed by atoms with Crippen molar-refractivity contribution in [2.45, 2.75) is 58.9 Å². The number of aryl methyl sites for hydroxylation is 1. The van der Waals surface area contributed by atoms with E-state index in [9.17, 15) is 14.4 Å². The minimum Gasteiger partial charge on any atom is -0.420 e. The molecule has 0 unspecified atom stereocenters. The first-order valence-corrected chi connectivity index (χ1v) is 15.9. The summed E-state index contributed by atoms with van der Waals surface area (Å²) in [6.07, 6.45) is 3.02. The van der Waals surface area contributed by atoms with Crippen molar-refractivity contribution < 1.29 is 19.1 Å². The zero-order chi connectivity index (χ0) is 31.6. The number of rotatable bonds is 6. The maximum absolute atomic E-state index is 14.3. The van der Waals surface area contributed by atoms with Crippen LogP contribution < -0.4 is 15.0 Å². The molecule has 1 N–H and O–H groups in total. The van der Waals surface area contributed by atoms with Crippen molar-refractivity contribution in [1.82, 2.24) is 30.4 Å². The summed E-state index contributed by atoms with van der Waals surface area (Å²) in [5, 5.41) is 12.0. The number of hydrogen-bond acceptors (Lipinski definition) is 9. The van der Waals surface area contributed by atoms with Gasteiger partial charge in [0, 0.05) is 53.5 Å². The molecule has 2 aliphatic heterocycles. The molecule has 0 bridgehead atoms. The van der Waals surface area contributed by atoms with E-state index in [1.165, 1.54) is 0 Å². The predicted molar refractivity (Wildman–Crippen MR) is 169 cm³/mol. The summed E-state index contributed by atoms with van der Waals surface area (Å²) in [5.41, 5.74) is 4.00. The lowest BCUT2D eigenvalue weighted by Crippen LogP contribution is -2.47. The highest BCUT2D eigenvalue weighted by molar-refractivity contribution is 7.17. The number of nitrogens with zero attached hydrogens (tertiary/aromatic N) is 6. The zero-order valence-corrected chi connectivity index (χ0v) is 26.6. The molecule has 5 heterocycles. The second-order valence-electron chi connectivity index (χ2n) is 12.4. The Hall–Kier alpha value is -4.71. The van der Waals surface area contributed by atoms with Crippen LogP contribution in [0.15, 0.2) is 42.5 Å². The van der Waals surface area contributed by atoms with Gasteiger partial charge in [0.25, 0.3) is 11.8 Å². The second-order valence-corrected chi connectivity index (χ2v) is 13.3. The average Bonchev–Trinajstić information content (AvgIpc) is 3.50. The van der Waals surface area contributed by atoms with Gasteiger partial charge in [-0.15, -0.1) is 10.2 Å². The molecule has 0 radical (unpaired) electrons. The van der Waals surface area contributed by atoms with E-state index in [0.29, 0.717) is 46.1 Å². The lowest BCUT2D eigenvalue weighted by atomic mass is 9.67. The fourth-order valence-electron chi connectivity index (χ4n) is 6.14. The van der Waals surface area contributed by atoms with Crippen LogP contribution in [0.25, 0.3) is 11.3 Å². The fourth-order valence-corrected chi connectivity index (χ4v) is 6.90. The number of hydrogen-bond donors (Lipinski definition) is 1. The molecule has 1 saturated carbocycles. The monoisotopic (exact) mass is 623 g/mol. The third-order valence-corrected chi connectivity index (χ3v) is 9.93. The smallest absolute Gasteiger partial charge is 0.282 e. The van der Waals surface area contributed by atoms with Crippen LogP contribution in [0.5, 0.6) is 11.8 Å². The second kappa shape index (κ2) is 10.7. The van der Waals surface area contributed by atoms with Crippen LogP contribution in [0.1, 0.15) is 82.9 Å². The molecule has 230 valence electrons. The van der Waals surface area contributed by atoms with Gasteiger partial charge < -0.3 is 15.0 Å². The Morgan fingerprint density at radius 3 is 2.53 bits per heavy atom. The van der Waals surface area contributed by atoms with Gasteiger partial charge in [0.15, 0.2) is 0 Å². The molecule has 45 heavy (non-hydrogen) atoms. The molecule has 11 nitrogen and oxygen atoms in total. The Balaban J connectivity index is 1.25. The van der Waals surface area contributed by atoms with Crippen LogP contribution in [0.2, 0.25) is 0 Å². The molecule has 4 aromatic rings. The van der Waals surface area contributed by atoms with Crippen molar-refractivity contribution in [3.05, 3.63) is 69.9 Å². The summed E-state index contributed by atoms with van der Waals surface area (Å²) in [7, 11) is 1.77. The van der Waals surface area contributed by atoms with E-state index in [2.05, 4.69) is 15.5 Å². The number of pyridine rings is 2. The predicted octanol–water partition coefficient (Wildman–Crippen LogP) is 5.62. The van der Waals surface area contributed by atoms with Crippen LogP contribution in [-0.4, -0.2) is 62.4 Å². The number of benzene rings is 1. The van der Waals surface area contributed by atoms with Gasteiger partial charge in [0.2, 0.25) is 27.8 Å². The van der Waals surface area contributed by atoms with Crippen LogP contribution in [0, 0.1) is 12.3 Å². The van der Waals surface area contributed by atoms with E-state index < -0.39 is 5.41 Å². The van der Waals surface area contributed by atoms with Gasteiger partial charge in [-0.05, 0) is 57.4 Å². The van der Waals surface area contributed by atoms with E-state index in [0.717, 1.165) is 47.3 Å². The third kappa shape index (κ3) is 4.75. The number of aromatic nitrogens is 4. The van der Waals surface area contributed by atoms with E-state index in [1.807, 2.05) is 58.0 Å². The first kappa shape index (κ1) is 29.0. The molecule has 0 saturated heterocycles. The van der Waals surface area contributed by atoms with E-state index in [1.54, 1.807) is 29.0 Å². The van der Waals surface area contributed by atoms with Crippen LogP contribution in [-0.2, 0) is 4.79 Å². The van der Waals surface area contributed by atoms with Crippen LogP contribution in [0.3, 0.4) is 0 Å². The van der Waals surface area contributed by atoms with Crippen molar-refractivity contribution in [2.75, 3.05) is 18.5 Å². The maximum Gasteiger partial charge on any atom is 0.282 e. The minimum absolute atomic E-state index is 0.0421. The Morgan fingerprint density at radius 1 is 1.09 bits per heavy atom. The lowest BCUT2D eigenvalue weighted by Gasteiger charge is -2.45. The fraction of sp³-hybridized carbons (Fsp3) is 0.364. The number of amides is 3. The molecule has 7 rings (SSSR count). The normalized spacial score (nSPS) is 17.9. The summed E-state index contributed by atoms with van der Waals surface area (Å²) in [6.45, 7) is 8.20. The Labute approximate surface area is 264 Å². The van der Waals surface area contributed by atoms with Crippen molar-refractivity contribution >= 4 is 39.9 Å². The number of anilines is 2. The summed E-state index contributed by atoms with van der Waals surface area (Å²) in [5.74, 6) is -0.100. The molecule has 1 aromatic carbocycles. The summed E-state index contributed by atoms with van der Waals surface area (Å²) in [6, 6.07) is 13.2. The Morgan fingerprint density at radius 2 is 1.84 bits per heavy atom. The van der Waals surface area contributed by atoms with Gasteiger partial charge in [-0.1, -0.05) is 43.4 Å². The Bertz CT molecular complexity index is 1870. The van der Waals surface area contributed by atoms with Crippen LogP contribution >= 0.6 is 11.3 Å². The van der Waals surface area contributed by atoms with E-state index in [4.69, 9.17) is 14.7 Å². The Kier molecular flexibility index (Phi) is 6.92. The van der Waals surface area contributed by atoms with E-state index >= 15 is 0 Å². The maximum atomic E-state index is 14.3. The average molecular weight is 624 g/mol. The van der Waals surface area contributed by atoms with Crippen molar-refractivity contribution in [3.8, 4) is 23.0 Å². The molecule has 1 fully saturated rings. The molecular weight excluding hydrogens is 590 g/mol. The standard InChI is InChI=1S/C33H33N7O4S/c1-6-39(5)30(42)19-12-10-18(11-13-19)22-15-14-21-25-24-23(16-17(2)34-28(24)44-27(21)36-22)40(31(43)33(25,3)4)32-38-37-29(45-32)26(41)35-20-8-7-9-20/h10-16,20,25H,6-9H2,1-5H3,(H,35,41)/t25-/m1/s1. The number of nitrogens with one attached hydrogen (secondary N) is 1. The molecule has 1 atom stereocenters. The number of carbonyl (C=O) groups excluding carboxylic acids is 3. The third-order valence-electron chi connectivity index (χ3n) is 9.02. The summed E-state index contributed by atoms with van der Waals surface area (Å²) >= 11 is 1.09. The van der Waals surface area contributed by atoms with Crippen molar-refractivity contribution in [2.24, 2.45) is 5.41 Å². The number of ether oxygens (including phenoxy) is 1. The van der Waals surface area contributed by atoms with Gasteiger partial charge in [0.1, 0.15) is 0 Å². The molecule has 3 aliphatic rings. The molecular formula is C33H33N7O4S. The van der Waals surface area contributed by atoms with Gasteiger partial charge in [-0.2, -0.15) is 0 Å². The molecule has 12 heteroatoms. The first-order valence-electron chi connectivity index (χ1n) is 15.1. The highest BCUT2D eigenvalue weighted by atomic mass is 32.1. The SMILES string of the molecule is CCN(C)C(=O)c1ccc(-c2ccc3c(n2)Oc2nc(C)cc4c2[C@@H]3C(C)(C)C(=O)N4c2nnc(C(=O)NC3CCC3)s2)cc1. The highest BCUT2D eigenvalue weighted by Gasteiger charge is 2.53. The summed E-state index contributed by atoms with van der Waals surface area (Å²) < 4.78 is 6.38. The largest absolute Gasteiger partial charge is 0.420 e. The molecule has 3 aromatic heterocycles. The summed E-state index contributed by atoms with van der Waals surface area (Å²) in [4.78, 5) is 52.5. The van der Waals surface area contributed by atoms with E-state index in [-0.39, 0.29) is 34.7 Å². The number of fused-ring (bicyclic) bond motifs is 2. The van der Waals surface area contributed by atoms with Crippen molar-refractivity contribution in [1.29, 1.82) is 0 Å². The number of carbonyl (C=O) groups is 3. The van der Waals surface area contributed by atoms with Gasteiger partial charge in [0.05, 0.1) is 16.8 Å². The van der Waals surface area contributed by atoms with Gasteiger partial charge >= 0.3 is 0 Å². The molecule has 0 spiro atoms. The molecule has 3 amide bonds. The zero-order valence-electron chi connectivity index (χ0n) is 25.7. The van der Waals surface area contributed by atoms with Crippen LogP contribution in [0.4, 0.5) is 10.8 Å². The molecule has 1 aliphatic carbocycles. The van der Waals surface area contributed by atoms with Gasteiger partial charge in [-0.25, -0.2) is 9.97 Å². The highest BCUT2D eigenvalue weighted by Crippen LogP contribution is 2.59. The van der Waals surface area contributed by atoms with Gasteiger partial charge in [-0.3, -0.25) is 19.3 Å². The minimum atomic E-state index is -0.937.